The summed E-state index contributed by atoms with van der Waals surface area (Å²) in [6.07, 6.45) is -2.28. The zero-order valence-corrected chi connectivity index (χ0v) is 7.58. The van der Waals surface area contributed by atoms with Crippen LogP contribution in [0.25, 0.3) is 0 Å². The molecule has 0 spiro atoms. The molecule has 1 aromatic rings. The summed E-state index contributed by atoms with van der Waals surface area (Å²) in [5.74, 6) is 0. The molecule has 1 atom stereocenters. The molecule has 79 valence electrons. The van der Waals surface area contributed by atoms with Gasteiger partial charge in [-0.15, -0.1) is 0 Å². The maximum absolute atomic E-state index is 12.6. The van der Waals surface area contributed by atoms with Crippen molar-refractivity contribution in [3.8, 4) is 0 Å². The lowest BCUT2D eigenvalue weighted by Crippen LogP contribution is -2.11. The summed E-state index contributed by atoms with van der Waals surface area (Å²) in [6, 6.07) is 5.34. The molecule has 15 heavy (non-hydrogen) atoms. The topological polar surface area (TPSA) is 21.6 Å². The van der Waals surface area contributed by atoms with E-state index >= 15 is 0 Å². The largest absolute Gasteiger partial charge is 0.416 e. The van der Waals surface area contributed by atoms with Crippen LogP contribution in [0.4, 0.5) is 13.2 Å². The number of halogens is 3. The minimum absolute atomic E-state index is 0.110. The Hall–Kier alpha value is -1.52. The van der Waals surface area contributed by atoms with Gasteiger partial charge in [-0.1, -0.05) is 23.4 Å². The summed E-state index contributed by atoms with van der Waals surface area (Å²) in [4.78, 5) is 4.79. The van der Waals surface area contributed by atoms with Crippen LogP contribution in [0.15, 0.2) is 29.4 Å². The molecule has 2 rings (SSSR count). The second-order valence-electron chi connectivity index (χ2n) is 3.13. The molecule has 0 bridgehead atoms. The van der Waals surface area contributed by atoms with Crippen molar-refractivity contribution in [2.45, 2.75) is 18.7 Å². The molecule has 0 N–H and O–H groups in total. The van der Waals surface area contributed by atoms with Gasteiger partial charge in [-0.05, 0) is 6.07 Å². The quantitative estimate of drug-likeness (QED) is 0.704. The minimum atomic E-state index is -4.36. The van der Waals surface area contributed by atoms with Crippen molar-refractivity contribution in [3.05, 3.63) is 35.4 Å². The fraction of sp³-hybridized carbons (Fsp3) is 0.300. The van der Waals surface area contributed by atoms with E-state index in [0.717, 1.165) is 6.07 Å². The number of nitrogens with zero attached hydrogens (tertiary/aromatic N) is 1. The summed E-state index contributed by atoms with van der Waals surface area (Å²) in [5.41, 5.74) is -0.562. The predicted octanol–water partition coefficient (Wildman–Crippen LogP) is 3.03. The van der Waals surface area contributed by atoms with E-state index in [1.54, 1.807) is 6.07 Å². The SMILES string of the molecule is FC(F)(F)c1ccccc1C1C[C]=NO1. The molecule has 0 fully saturated rings. The third-order valence-electron chi connectivity index (χ3n) is 2.13. The fourth-order valence-electron chi connectivity index (χ4n) is 1.46. The number of benzene rings is 1. The Balaban J connectivity index is 2.38. The highest BCUT2D eigenvalue weighted by Gasteiger charge is 2.36. The molecule has 1 aromatic carbocycles. The summed E-state index contributed by atoms with van der Waals surface area (Å²) in [5, 5.41) is 3.35. The molecule has 0 saturated heterocycles. The Kier molecular flexibility index (Phi) is 2.38. The van der Waals surface area contributed by atoms with E-state index in [-0.39, 0.29) is 12.0 Å². The standard InChI is InChI=1S/C10H7F3NO/c11-10(12,13)8-4-2-1-3-7(8)9-5-6-14-15-9/h1-4,9H,5H2. The Morgan fingerprint density at radius 3 is 2.67 bits per heavy atom. The van der Waals surface area contributed by atoms with Crippen LogP contribution < -0.4 is 0 Å². The van der Waals surface area contributed by atoms with Gasteiger partial charge in [0.1, 0.15) is 6.21 Å². The first kappa shape index (κ1) is 10.0. The highest BCUT2D eigenvalue weighted by Crippen LogP contribution is 2.37. The van der Waals surface area contributed by atoms with Crippen LogP contribution in [0, 0.1) is 0 Å². The maximum Gasteiger partial charge on any atom is 0.416 e. The Bertz CT molecular complexity index is 378. The van der Waals surface area contributed by atoms with Crippen molar-refractivity contribution in [2.24, 2.45) is 5.16 Å². The smallest absolute Gasteiger partial charge is 0.387 e. The van der Waals surface area contributed by atoms with Crippen LogP contribution in [0.1, 0.15) is 23.7 Å². The molecule has 1 radical (unpaired) electrons. The van der Waals surface area contributed by atoms with E-state index in [9.17, 15) is 13.2 Å². The molecule has 1 aliphatic heterocycles. The lowest BCUT2D eigenvalue weighted by atomic mass is 10.0. The van der Waals surface area contributed by atoms with Gasteiger partial charge in [-0.25, -0.2) is 0 Å². The Labute approximate surface area is 84.3 Å². The lowest BCUT2D eigenvalue weighted by molar-refractivity contribution is -0.139. The van der Waals surface area contributed by atoms with E-state index in [4.69, 9.17) is 4.84 Å². The van der Waals surface area contributed by atoms with Gasteiger partial charge in [-0.3, -0.25) is 0 Å². The first-order valence-electron chi connectivity index (χ1n) is 4.34. The molecular weight excluding hydrogens is 207 g/mol. The molecule has 0 aliphatic carbocycles. The van der Waals surface area contributed by atoms with E-state index in [1.165, 1.54) is 12.1 Å². The van der Waals surface area contributed by atoms with Gasteiger partial charge < -0.3 is 4.84 Å². The van der Waals surface area contributed by atoms with Crippen molar-refractivity contribution >= 4 is 6.21 Å². The second-order valence-corrected chi connectivity index (χ2v) is 3.13. The van der Waals surface area contributed by atoms with Crippen LogP contribution in [0.2, 0.25) is 0 Å². The highest BCUT2D eigenvalue weighted by molar-refractivity contribution is 5.59. The number of alkyl halides is 3. The molecular formula is C10H7F3NO. The van der Waals surface area contributed by atoms with Crippen molar-refractivity contribution < 1.29 is 18.0 Å². The normalized spacial score (nSPS) is 20.3. The summed E-state index contributed by atoms with van der Waals surface area (Å²) >= 11 is 0. The van der Waals surface area contributed by atoms with Gasteiger partial charge in [-0.2, -0.15) is 13.2 Å². The van der Waals surface area contributed by atoms with Crippen LogP contribution in [-0.2, 0) is 11.0 Å². The Morgan fingerprint density at radius 1 is 1.33 bits per heavy atom. The van der Waals surface area contributed by atoms with Crippen molar-refractivity contribution in [1.29, 1.82) is 0 Å². The van der Waals surface area contributed by atoms with Gasteiger partial charge in [0.05, 0.1) is 5.56 Å². The molecule has 2 nitrogen and oxygen atoms in total. The van der Waals surface area contributed by atoms with E-state index in [0.29, 0.717) is 0 Å². The first-order chi connectivity index (χ1) is 7.09. The molecule has 1 aliphatic rings. The highest BCUT2D eigenvalue weighted by atomic mass is 19.4. The number of hydrogen-bond acceptors (Lipinski definition) is 2. The number of rotatable bonds is 1. The molecule has 0 amide bonds. The first-order valence-corrected chi connectivity index (χ1v) is 4.34. The van der Waals surface area contributed by atoms with Gasteiger partial charge in [0.15, 0.2) is 6.10 Å². The molecule has 0 aromatic heterocycles. The zero-order valence-electron chi connectivity index (χ0n) is 7.58. The maximum atomic E-state index is 12.6. The van der Waals surface area contributed by atoms with E-state index in [2.05, 4.69) is 11.4 Å². The predicted molar refractivity (Wildman–Crippen MR) is 47.3 cm³/mol. The third-order valence-corrected chi connectivity index (χ3v) is 2.13. The number of hydrogen-bond donors (Lipinski definition) is 0. The summed E-state index contributed by atoms with van der Waals surface area (Å²) in [7, 11) is 0. The lowest BCUT2D eigenvalue weighted by Gasteiger charge is -2.15. The van der Waals surface area contributed by atoms with E-state index in [1.807, 2.05) is 0 Å². The van der Waals surface area contributed by atoms with Crippen molar-refractivity contribution in [2.75, 3.05) is 0 Å². The average Bonchev–Trinajstić information content (AvgIpc) is 2.69. The van der Waals surface area contributed by atoms with Crippen LogP contribution in [-0.4, -0.2) is 6.21 Å². The van der Waals surface area contributed by atoms with Crippen LogP contribution in [0.5, 0.6) is 0 Å². The summed E-state index contributed by atoms with van der Waals surface area (Å²) < 4.78 is 37.8. The van der Waals surface area contributed by atoms with Crippen molar-refractivity contribution in [1.82, 2.24) is 0 Å². The van der Waals surface area contributed by atoms with E-state index < -0.39 is 17.8 Å². The van der Waals surface area contributed by atoms with Crippen molar-refractivity contribution in [3.63, 3.8) is 0 Å². The monoisotopic (exact) mass is 214 g/mol. The molecule has 1 unspecified atom stereocenters. The fourth-order valence-corrected chi connectivity index (χ4v) is 1.46. The van der Waals surface area contributed by atoms with Crippen LogP contribution >= 0.6 is 0 Å². The minimum Gasteiger partial charge on any atom is -0.387 e. The van der Waals surface area contributed by atoms with Gasteiger partial charge in [0.25, 0.3) is 0 Å². The molecule has 5 heteroatoms. The second kappa shape index (κ2) is 3.56. The van der Waals surface area contributed by atoms with Crippen LogP contribution in [0.3, 0.4) is 0 Å². The Morgan fingerprint density at radius 2 is 2.07 bits per heavy atom. The van der Waals surface area contributed by atoms with Gasteiger partial charge in [0.2, 0.25) is 0 Å². The van der Waals surface area contributed by atoms with Gasteiger partial charge in [0, 0.05) is 12.0 Å². The zero-order chi connectivity index (χ0) is 10.9. The average molecular weight is 214 g/mol. The van der Waals surface area contributed by atoms with Gasteiger partial charge >= 0.3 is 6.18 Å². The summed E-state index contributed by atoms with van der Waals surface area (Å²) in [6.45, 7) is 0. The third kappa shape index (κ3) is 1.95. The molecule has 1 heterocycles. The molecule has 0 saturated carbocycles.